The zero-order chi connectivity index (χ0) is 43.3. The lowest BCUT2D eigenvalue weighted by Crippen LogP contribution is -2.51. The van der Waals surface area contributed by atoms with Crippen molar-refractivity contribution in [1.82, 2.24) is 40.4 Å². The van der Waals surface area contributed by atoms with E-state index in [1.54, 1.807) is 26.2 Å². The Bertz CT molecular complexity index is 2300. The third kappa shape index (κ3) is 7.95. The van der Waals surface area contributed by atoms with Crippen molar-refractivity contribution >= 4 is 24.0 Å². The number of halogens is 2. The fraction of sp³-hybridized carbons (Fsp3) is 0.500. The van der Waals surface area contributed by atoms with Gasteiger partial charge in [-0.2, -0.15) is 0 Å². The van der Waals surface area contributed by atoms with Gasteiger partial charge in [0.2, 0.25) is 11.8 Å². The average Bonchev–Trinajstić information content (AvgIpc) is 4.12. The number of H-pyrrole nitrogens is 2. The maximum absolute atomic E-state index is 15.0. The van der Waals surface area contributed by atoms with Gasteiger partial charge in [0.05, 0.1) is 75.4 Å². The summed E-state index contributed by atoms with van der Waals surface area (Å²) in [6.45, 7) is 7.01. The number of fused-ring (bicyclic) bond motifs is 5. The molecule has 0 aliphatic carbocycles. The molecular formula is C44H52F2N8O7. The topological polar surface area (TPSA) is 184 Å². The van der Waals surface area contributed by atoms with Crippen molar-refractivity contribution in [1.29, 1.82) is 0 Å². The zero-order valence-electron chi connectivity index (χ0n) is 35.0. The first-order chi connectivity index (χ1) is 29.3. The van der Waals surface area contributed by atoms with E-state index in [1.165, 1.54) is 24.0 Å². The third-order valence-electron chi connectivity index (χ3n) is 12.4. The first-order valence-corrected chi connectivity index (χ1v) is 20.9. The van der Waals surface area contributed by atoms with Crippen LogP contribution in [0.4, 0.5) is 18.4 Å². The Morgan fingerprint density at radius 1 is 0.689 bits per heavy atom. The summed E-state index contributed by atoms with van der Waals surface area (Å²) in [5.41, 5.74) is 7.47. The highest BCUT2D eigenvalue weighted by atomic mass is 19.1. The fourth-order valence-corrected chi connectivity index (χ4v) is 9.33. The van der Waals surface area contributed by atoms with Crippen molar-refractivity contribution in [2.45, 2.75) is 102 Å². The zero-order valence-corrected chi connectivity index (χ0v) is 35.0. The number of methoxy groups -OCH3 is 2. The number of hydrogen-bond donors (Lipinski definition) is 4. The summed E-state index contributed by atoms with van der Waals surface area (Å²) in [5, 5.41) is 5.19. The molecular weight excluding hydrogens is 791 g/mol. The van der Waals surface area contributed by atoms with Gasteiger partial charge in [-0.3, -0.25) is 9.59 Å². The Kier molecular flexibility index (Phi) is 11.6. The van der Waals surface area contributed by atoms with E-state index in [1.807, 2.05) is 44.2 Å². The summed E-state index contributed by atoms with van der Waals surface area (Å²) in [4.78, 5) is 70.3. The Hall–Kier alpha value is -5.84. The van der Waals surface area contributed by atoms with E-state index in [2.05, 4.69) is 36.6 Å². The molecule has 3 fully saturated rings. The third-order valence-corrected chi connectivity index (χ3v) is 12.4. The van der Waals surface area contributed by atoms with E-state index in [9.17, 15) is 28.0 Å². The summed E-state index contributed by atoms with van der Waals surface area (Å²) >= 11 is 0. The minimum atomic E-state index is -1.25. The first-order valence-electron chi connectivity index (χ1n) is 20.9. The summed E-state index contributed by atoms with van der Waals surface area (Å²) < 4.78 is 45.8. The van der Waals surface area contributed by atoms with Crippen molar-refractivity contribution in [3.05, 3.63) is 71.6 Å². The molecule has 8 rings (SSSR count). The Morgan fingerprint density at radius 2 is 1.13 bits per heavy atom. The average molecular weight is 843 g/mol. The molecule has 2 unspecified atom stereocenters. The van der Waals surface area contributed by atoms with Crippen molar-refractivity contribution in [2.24, 2.45) is 11.8 Å². The lowest BCUT2D eigenvalue weighted by molar-refractivity contribution is -0.136. The largest absolute Gasteiger partial charge is 0.453 e. The monoisotopic (exact) mass is 842 g/mol. The van der Waals surface area contributed by atoms with Crippen LogP contribution in [0.15, 0.2) is 48.8 Å². The van der Waals surface area contributed by atoms with Crippen LogP contribution < -0.4 is 10.6 Å². The number of amides is 4. The van der Waals surface area contributed by atoms with Crippen LogP contribution in [-0.4, -0.2) is 105 Å². The van der Waals surface area contributed by atoms with Crippen LogP contribution >= 0.6 is 0 Å². The lowest BCUT2D eigenvalue weighted by atomic mass is 9.82. The molecule has 4 aliphatic rings. The van der Waals surface area contributed by atoms with Gasteiger partial charge in [0.25, 0.3) is 0 Å². The normalized spacial score (nSPS) is 24.0. The number of ether oxygens (including phenoxy) is 3. The summed E-state index contributed by atoms with van der Waals surface area (Å²) in [6.07, 6.45) is 1.20. The summed E-state index contributed by atoms with van der Waals surface area (Å²) in [6, 6.07) is 9.13. The van der Waals surface area contributed by atoms with Crippen LogP contribution in [0.3, 0.4) is 0 Å². The number of likely N-dealkylation sites (tertiary alicyclic amines) is 2. The molecule has 2 aromatic heterocycles. The number of nitrogens with zero attached hydrogens (tertiary/aromatic N) is 4. The van der Waals surface area contributed by atoms with Crippen LogP contribution in [0.2, 0.25) is 0 Å². The minimum absolute atomic E-state index is 0.0767. The summed E-state index contributed by atoms with van der Waals surface area (Å²) in [7, 11) is 2.46. The fourth-order valence-electron chi connectivity index (χ4n) is 9.33. The molecule has 324 valence electrons. The molecule has 4 N–H and O–H groups in total. The van der Waals surface area contributed by atoms with E-state index in [4.69, 9.17) is 14.2 Å². The quantitative estimate of drug-likeness (QED) is 0.123. The van der Waals surface area contributed by atoms with Gasteiger partial charge < -0.3 is 44.6 Å². The number of hydrogen-bond acceptors (Lipinski definition) is 9. The van der Waals surface area contributed by atoms with E-state index < -0.39 is 60.5 Å². The lowest BCUT2D eigenvalue weighted by Gasteiger charge is -2.29. The Balaban J connectivity index is 1.03. The number of alkyl carbamates (subject to hydrolysis) is 2. The Morgan fingerprint density at radius 3 is 1.62 bits per heavy atom. The molecule has 2 aromatic carbocycles. The smallest absolute Gasteiger partial charge is 0.407 e. The van der Waals surface area contributed by atoms with Crippen LogP contribution in [0.5, 0.6) is 0 Å². The van der Waals surface area contributed by atoms with Gasteiger partial charge in [-0.15, -0.1) is 0 Å². The molecule has 0 spiro atoms. The molecule has 15 nitrogen and oxygen atoms in total. The van der Waals surface area contributed by atoms with Crippen LogP contribution in [0.1, 0.15) is 100 Å². The maximum Gasteiger partial charge on any atom is 0.407 e. The molecule has 0 saturated carbocycles. The van der Waals surface area contributed by atoms with E-state index in [0.717, 1.165) is 51.9 Å². The molecule has 4 amide bonds. The number of carbonyl (C=O) groups excluding carboxylic acids is 4. The summed E-state index contributed by atoms with van der Waals surface area (Å²) in [5.74, 6) is -0.377. The highest BCUT2D eigenvalue weighted by molar-refractivity contribution is 5.87. The molecule has 17 heteroatoms. The van der Waals surface area contributed by atoms with Gasteiger partial charge in [0, 0.05) is 18.4 Å². The number of rotatable bonds is 11. The molecule has 8 atom stereocenters. The highest BCUT2D eigenvalue weighted by Gasteiger charge is 2.45. The number of carbonyl (C=O) groups is 4. The number of imidazole rings is 2. The minimum Gasteiger partial charge on any atom is -0.453 e. The van der Waals surface area contributed by atoms with Crippen molar-refractivity contribution < 1.29 is 42.2 Å². The molecule has 6 heterocycles. The van der Waals surface area contributed by atoms with Gasteiger partial charge in [0.1, 0.15) is 36.1 Å². The number of aromatic amines is 2. The molecule has 4 aromatic rings. The predicted octanol–water partition coefficient (Wildman–Crippen LogP) is 7.02. The Labute approximate surface area is 352 Å². The van der Waals surface area contributed by atoms with Crippen LogP contribution in [0.25, 0.3) is 33.6 Å². The SMILES string of the molecule is COC(=O)N[C@H](C(=O)N1C[C@H](F)C[C@H]1c1ncc(-c2ccc(-c3ccc(-c4cnc([C@@H]5C[C@@H](F)CN5C(=O)[C@@H](NC(=O)OC)C(C)C)[nH]4)c4c3C3CCC4O3)cc2)[nH]1)C(C)C. The molecule has 4 aliphatic heterocycles. The van der Waals surface area contributed by atoms with E-state index in [0.29, 0.717) is 17.3 Å². The molecule has 0 radical (unpaired) electrons. The van der Waals surface area contributed by atoms with Gasteiger partial charge in [0.15, 0.2) is 0 Å². The maximum atomic E-state index is 15.0. The number of aromatic nitrogens is 4. The second-order valence-corrected chi connectivity index (χ2v) is 17.0. The van der Waals surface area contributed by atoms with Gasteiger partial charge in [-0.1, -0.05) is 64.1 Å². The second kappa shape index (κ2) is 16.9. The predicted molar refractivity (Wildman–Crippen MR) is 219 cm³/mol. The van der Waals surface area contributed by atoms with Crippen molar-refractivity contribution in [2.75, 3.05) is 27.3 Å². The number of benzene rings is 2. The standard InChI is InChI=1S/C44H52F2N8O7/c1-21(2)37(51-43(57)59-5)41(55)53-19-25(45)15-31(53)39-47-17-29(49-39)24-9-7-23(8-10-24)27-11-12-28(36-34-14-13-33(61-34)35(27)36)30-18-48-40(50-30)32-16-26(46)20-54(32)42(56)38(22(3)4)52-44(58)60-6/h7-12,17-18,21-22,25-26,31-34,37-38H,13-16,19-20H2,1-6H3,(H,47,49)(H,48,50)(H,51,57)(H,52,58)/t25-,26-,31+,32+,33?,34?,37+,38+/m1/s1. The van der Waals surface area contributed by atoms with E-state index >= 15 is 0 Å². The van der Waals surface area contributed by atoms with Crippen LogP contribution in [0, 0.1) is 11.8 Å². The van der Waals surface area contributed by atoms with Crippen LogP contribution in [-0.2, 0) is 23.8 Å². The molecule has 3 saturated heterocycles. The molecule has 2 bridgehead atoms. The van der Waals surface area contributed by atoms with Crippen molar-refractivity contribution in [3.8, 4) is 33.6 Å². The van der Waals surface area contributed by atoms with Gasteiger partial charge in [-0.25, -0.2) is 28.3 Å². The first kappa shape index (κ1) is 41.9. The highest BCUT2D eigenvalue weighted by Crippen LogP contribution is 2.56. The second-order valence-electron chi connectivity index (χ2n) is 17.0. The number of nitrogens with one attached hydrogen (secondary N) is 4. The van der Waals surface area contributed by atoms with Gasteiger partial charge in [-0.05, 0) is 52.5 Å². The molecule has 61 heavy (non-hydrogen) atoms. The van der Waals surface area contributed by atoms with Gasteiger partial charge >= 0.3 is 12.2 Å². The number of alkyl halides is 2. The van der Waals surface area contributed by atoms with E-state index in [-0.39, 0.29) is 50.0 Å². The van der Waals surface area contributed by atoms with Crippen molar-refractivity contribution in [3.63, 3.8) is 0 Å².